The number of carbonyl (C=O) groups excluding carboxylic acids is 2. The summed E-state index contributed by atoms with van der Waals surface area (Å²) in [7, 11) is 1.23. The van der Waals surface area contributed by atoms with Crippen molar-refractivity contribution in [3.05, 3.63) is 11.3 Å². The van der Waals surface area contributed by atoms with Gasteiger partial charge in [0.05, 0.1) is 7.11 Å². The van der Waals surface area contributed by atoms with E-state index in [1.54, 1.807) is 0 Å². The predicted octanol–water partition coefficient (Wildman–Crippen LogP) is 0.284. The highest BCUT2D eigenvalue weighted by atomic mass is 32.1. The molecule has 6 heteroatoms. The van der Waals surface area contributed by atoms with Crippen molar-refractivity contribution in [3.63, 3.8) is 0 Å². The Morgan fingerprint density at radius 3 is 2.92 bits per heavy atom. The fourth-order valence-electron chi connectivity index (χ4n) is 0.575. The van der Waals surface area contributed by atoms with E-state index in [1.165, 1.54) is 13.4 Å². The first-order valence-corrected chi connectivity index (χ1v) is 3.88. The Balaban J connectivity index is 2.56. The first kappa shape index (κ1) is 8.79. The number of esters is 1. The van der Waals surface area contributed by atoms with Crippen molar-refractivity contribution < 1.29 is 14.3 Å². The molecule has 1 aromatic heterocycles. The van der Waals surface area contributed by atoms with Crippen LogP contribution in [0.3, 0.4) is 0 Å². The zero-order chi connectivity index (χ0) is 8.97. The van der Waals surface area contributed by atoms with Gasteiger partial charge in [-0.15, -0.1) is 0 Å². The summed E-state index contributed by atoms with van der Waals surface area (Å²) in [5.41, 5.74) is 0. The Hall–Kier alpha value is -1.30. The van der Waals surface area contributed by atoms with Crippen molar-refractivity contribution in [2.24, 2.45) is 0 Å². The van der Waals surface area contributed by atoms with Gasteiger partial charge in [-0.2, -0.15) is 4.37 Å². The number of hydrogen-bond donors (Lipinski definition) is 0. The number of rotatable bonds is 3. The van der Waals surface area contributed by atoms with Crippen LogP contribution < -0.4 is 0 Å². The molecule has 12 heavy (non-hydrogen) atoms. The Kier molecular flexibility index (Phi) is 2.87. The highest BCUT2D eigenvalue weighted by molar-refractivity contribution is 7.07. The number of carbonyl (C=O) groups is 2. The molecule has 0 N–H and O–H groups in total. The molecule has 0 aliphatic carbocycles. The van der Waals surface area contributed by atoms with Crippen LogP contribution in [0.25, 0.3) is 0 Å². The first-order chi connectivity index (χ1) is 5.74. The summed E-state index contributed by atoms with van der Waals surface area (Å²) >= 11 is 0.965. The van der Waals surface area contributed by atoms with Crippen LogP contribution in [0.5, 0.6) is 0 Å². The summed E-state index contributed by atoms with van der Waals surface area (Å²) in [5, 5.41) is 0.236. The Bertz CT molecular complexity index is 283. The molecule has 0 saturated carbocycles. The molecule has 0 amide bonds. The van der Waals surface area contributed by atoms with Crippen LogP contribution in [0.1, 0.15) is 16.2 Å². The predicted molar refractivity (Wildman–Crippen MR) is 40.9 cm³/mol. The number of methoxy groups -OCH3 is 1. The molecule has 1 rings (SSSR count). The van der Waals surface area contributed by atoms with Crippen LogP contribution in [-0.4, -0.2) is 28.2 Å². The summed E-state index contributed by atoms with van der Waals surface area (Å²) in [5.74, 6) is -0.917. The maximum atomic E-state index is 11.1. The summed E-state index contributed by atoms with van der Waals surface area (Å²) in [6.45, 7) is 0. The summed E-state index contributed by atoms with van der Waals surface area (Å²) in [6, 6.07) is 0. The monoisotopic (exact) mass is 186 g/mol. The Labute approximate surface area is 72.5 Å². The normalized spacial score (nSPS) is 9.42. The highest BCUT2D eigenvalue weighted by Crippen LogP contribution is 2.04. The molecule has 0 aliphatic heterocycles. The molecule has 0 spiro atoms. The van der Waals surface area contributed by atoms with Crippen molar-refractivity contribution in [1.29, 1.82) is 0 Å². The third kappa shape index (κ3) is 2.09. The smallest absolute Gasteiger partial charge is 0.313 e. The number of Topliss-reactive ketones (excluding diaryl/α,β-unsaturated/α-hetero) is 1. The van der Waals surface area contributed by atoms with Gasteiger partial charge in [-0.3, -0.25) is 9.59 Å². The molecule has 1 aromatic rings. The van der Waals surface area contributed by atoms with Gasteiger partial charge in [-0.05, 0) is 11.5 Å². The molecule has 0 aliphatic rings. The first-order valence-electron chi connectivity index (χ1n) is 3.10. The van der Waals surface area contributed by atoms with E-state index < -0.39 is 5.97 Å². The summed E-state index contributed by atoms with van der Waals surface area (Å²) < 4.78 is 7.95. The SMILES string of the molecule is COC(=O)CC(=O)c1ncns1. The lowest BCUT2D eigenvalue weighted by Crippen LogP contribution is -2.08. The molecular formula is C6H6N2O3S. The van der Waals surface area contributed by atoms with E-state index in [0.29, 0.717) is 0 Å². The molecule has 0 unspecified atom stereocenters. The minimum atomic E-state index is -0.560. The van der Waals surface area contributed by atoms with E-state index in [2.05, 4.69) is 14.1 Å². The second-order valence-electron chi connectivity index (χ2n) is 1.92. The van der Waals surface area contributed by atoms with Crippen LogP contribution in [0, 0.1) is 0 Å². The van der Waals surface area contributed by atoms with Crippen LogP contribution in [0.4, 0.5) is 0 Å². The maximum Gasteiger partial charge on any atom is 0.313 e. The number of aromatic nitrogens is 2. The zero-order valence-corrected chi connectivity index (χ0v) is 7.13. The second-order valence-corrected chi connectivity index (χ2v) is 2.70. The molecule has 0 atom stereocenters. The molecule has 0 radical (unpaired) electrons. The van der Waals surface area contributed by atoms with Crippen LogP contribution in [0.15, 0.2) is 6.33 Å². The molecule has 0 fully saturated rings. The van der Waals surface area contributed by atoms with E-state index in [0.717, 1.165) is 11.5 Å². The second kappa shape index (κ2) is 3.91. The van der Waals surface area contributed by atoms with Gasteiger partial charge in [-0.25, -0.2) is 4.98 Å². The third-order valence-corrected chi connectivity index (χ3v) is 1.84. The van der Waals surface area contributed by atoms with Gasteiger partial charge in [-0.1, -0.05) is 0 Å². The van der Waals surface area contributed by atoms with Crippen molar-refractivity contribution in [1.82, 2.24) is 9.36 Å². The van der Waals surface area contributed by atoms with Crippen LogP contribution in [-0.2, 0) is 9.53 Å². The minimum Gasteiger partial charge on any atom is -0.469 e. The Morgan fingerprint density at radius 2 is 2.42 bits per heavy atom. The van der Waals surface area contributed by atoms with Gasteiger partial charge >= 0.3 is 5.97 Å². The topological polar surface area (TPSA) is 69.2 Å². The molecule has 0 aromatic carbocycles. The van der Waals surface area contributed by atoms with E-state index in [4.69, 9.17) is 0 Å². The standard InChI is InChI=1S/C6H6N2O3S/c1-11-5(10)2-4(9)6-7-3-8-12-6/h3H,2H2,1H3. The molecule has 5 nitrogen and oxygen atoms in total. The average Bonchev–Trinajstić information content (AvgIpc) is 2.56. The fourth-order valence-corrected chi connectivity index (χ4v) is 1.04. The van der Waals surface area contributed by atoms with Gasteiger partial charge in [0.15, 0.2) is 5.01 Å². The molecule has 1 heterocycles. The minimum absolute atomic E-state index is 0.236. The van der Waals surface area contributed by atoms with E-state index in [9.17, 15) is 9.59 Å². The van der Waals surface area contributed by atoms with E-state index in [-0.39, 0.29) is 17.2 Å². The number of ether oxygens (including phenoxy) is 1. The molecule has 0 bridgehead atoms. The zero-order valence-electron chi connectivity index (χ0n) is 6.31. The van der Waals surface area contributed by atoms with Crippen LogP contribution in [0.2, 0.25) is 0 Å². The van der Waals surface area contributed by atoms with Gasteiger partial charge in [0.2, 0.25) is 5.78 Å². The van der Waals surface area contributed by atoms with Gasteiger partial charge in [0, 0.05) is 0 Å². The van der Waals surface area contributed by atoms with Crippen LogP contribution >= 0.6 is 11.5 Å². The number of nitrogens with zero attached hydrogens (tertiary/aromatic N) is 2. The van der Waals surface area contributed by atoms with Crippen molar-refractivity contribution in [2.45, 2.75) is 6.42 Å². The average molecular weight is 186 g/mol. The maximum absolute atomic E-state index is 11.1. The quantitative estimate of drug-likeness (QED) is 0.385. The Morgan fingerprint density at radius 1 is 1.67 bits per heavy atom. The van der Waals surface area contributed by atoms with Gasteiger partial charge < -0.3 is 4.74 Å². The molecule has 0 saturated heterocycles. The van der Waals surface area contributed by atoms with Crippen molar-refractivity contribution in [2.75, 3.05) is 7.11 Å². The molecule has 64 valence electrons. The summed E-state index contributed by atoms with van der Waals surface area (Å²) in [6.07, 6.45) is 1.00. The van der Waals surface area contributed by atoms with E-state index in [1.807, 2.05) is 0 Å². The van der Waals surface area contributed by atoms with E-state index >= 15 is 0 Å². The van der Waals surface area contributed by atoms with Crippen molar-refractivity contribution in [3.8, 4) is 0 Å². The van der Waals surface area contributed by atoms with Gasteiger partial charge in [0.25, 0.3) is 0 Å². The fraction of sp³-hybridized carbons (Fsp3) is 0.333. The molecular weight excluding hydrogens is 180 g/mol. The largest absolute Gasteiger partial charge is 0.469 e. The lowest BCUT2D eigenvalue weighted by atomic mass is 10.3. The number of ketones is 1. The number of hydrogen-bond acceptors (Lipinski definition) is 6. The lowest BCUT2D eigenvalue weighted by Gasteiger charge is -1.93. The lowest BCUT2D eigenvalue weighted by molar-refractivity contribution is -0.139. The highest BCUT2D eigenvalue weighted by Gasteiger charge is 2.14. The third-order valence-electron chi connectivity index (χ3n) is 1.13. The van der Waals surface area contributed by atoms with Crippen molar-refractivity contribution >= 4 is 23.3 Å². The van der Waals surface area contributed by atoms with Gasteiger partial charge in [0.1, 0.15) is 12.7 Å². The summed E-state index contributed by atoms with van der Waals surface area (Å²) in [4.78, 5) is 25.4.